The number of nitrogens with one attached hydrogen (secondary N) is 1. The van der Waals surface area contributed by atoms with E-state index < -0.39 is 0 Å². The normalized spacial score (nSPS) is 10.3. The Balaban J connectivity index is 2.16. The van der Waals surface area contributed by atoms with E-state index in [0.29, 0.717) is 5.69 Å². The summed E-state index contributed by atoms with van der Waals surface area (Å²) in [7, 11) is 0. The second kappa shape index (κ2) is 5.69. The highest BCUT2D eigenvalue weighted by molar-refractivity contribution is 7.98. The number of nitrogen functional groups attached to an aromatic ring is 1. The predicted molar refractivity (Wildman–Crippen MR) is 76.0 cm³/mol. The van der Waals surface area contributed by atoms with Crippen molar-refractivity contribution in [1.82, 2.24) is 4.98 Å². The lowest BCUT2D eigenvalue weighted by Gasteiger charge is -2.08. The molecule has 2 rings (SSSR count). The Labute approximate surface area is 111 Å². The lowest BCUT2D eigenvalue weighted by atomic mass is 10.2. The van der Waals surface area contributed by atoms with Gasteiger partial charge in [0.15, 0.2) is 0 Å². The average molecular weight is 257 g/mol. The molecule has 0 atom stereocenters. The van der Waals surface area contributed by atoms with Crippen molar-refractivity contribution in [2.75, 3.05) is 0 Å². The van der Waals surface area contributed by atoms with Gasteiger partial charge in [-0.25, -0.2) is 0 Å². The SMILES string of the molecule is Cc1ccccc1SCc1cccnc1C(=N)N. The molecule has 0 aliphatic rings. The molecule has 0 fully saturated rings. The van der Waals surface area contributed by atoms with Gasteiger partial charge in [-0.05, 0) is 30.2 Å². The van der Waals surface area contributed by atoms with E-state index in [1.54, 1.807) is 18.0 Å². The number of benzene rings is 1. The van der Waals surface area contributed by atoms with E-state index in [2.05, 4.69) is 24.0 Å². The van der Waals surface area contributed by atoms with Crippen LogP contribution in [0.25, 0.3) is 0 Å². The van der Waals surface area contributed by atoms with E-state index in [1.807, 2.05) is 24.3 Å². The van der Waals surface area contributed by atoms with Gasteiger partial charge in [-0.3, -0.25) is 10.4 Å². The summed E-state index contributed by atoms with van der Waals surface area (Å²) in [5.74, 6) is 0.795. The Bertz CT molecular complexity index is 566. The molecule has 0 spiro atoms. The third-order valence-corrected chi connectivity index (χ3v) is 3.85. The van der Waals surface area contributed by atoms with Crippen LogP contribution in [0.3, 0.4) is 0 Å². The fourth-order valence-corrected chi connectivity index (χ4v) is 2.69. The maximum atomic E-state index is 7.51. The summed E-state index contributed by atoms with van der Waals surface area (Å²) in [6.07, 6.45) is 1.67. The van der Waals surface area contributed by atoms with Crippen molar-refractivity contribution in [2.24, 2.45) is 5.73 Å². The van der Waals surface area contributed by atoms with E-state index in [9.17, 15) is 0 Å². The summed E-state index contributed by atoms with van der Waals surface area (Å²) >= 11 is 1.74. The molecular weight excluding hydrogens is 242 g/mol. The van der Waals surface area contributed by atoms with Gasteiger partial charge in [-0.15, -0.1) is 11.8 Å². The first-order valence-electron chi connectivity index (χ1n) is 5.65. The molecule has 92 valence electrons. The number of rotatable bonds is 4. The van der Waals surface area contributed by atoms with Gasteiger partial charge in [0.25, 0.3) is 0 Å². The van der Waals surface area contributed by atoms with Crippen LogP contribution in [0.5, 0.6) is 0 Å². The van der Waals surface area contributed by atoms with Gasteiger partial charge in [0.05, 0.1) is 0 Å². The number of aromatic nitrogens is 1. The Kier molecular flexibility index (Phi) is 3.99. The number of pyridine rings is 1. The largest absolute Gasteiger partial charge is 0.382 e. The first-order valence-corrected chi connectivity index (χ1v) is 6.64. The number of aryl methyl sites for hydroxylation is 1. The highest BCUT2D eigenvalue weighted by Gasteiger charge is 2.07. The van der Waals surface area contributed by atoms with E-state index in [0.717, 1.165) is 11.3 Å². The number of nitrogens with two attached hydrogens (primary N) is 1. The minimum atomic E-state index is 0.0241. The molecule has 3 nitrogen and oxygen atoms in total. The fraction of sp³-hybridized carbons (Fsp3) is 0.143. The summed E-state index contributed by atoms with van der Waals surface area (Å²) in [5, 5.41) is 7.51. The molecule has 18 heavy (non-hydrogen) atoms. The zero-order valence-electron chi connectivity index (χ0n) is 10.2. The molecule has 0 bridgehead atoms. The smallest absolute Gasteiger partial charge is 0.142 e. The zero-order valence-corrected chi connectivity index (χ0v) is 11.0. The van der Waals surface area contributed by atoms with Gasteiger partial charge in [-0.2, -0.15) is 0 Å². The van der Waals surface area contributed by atoms with Crippen LogP contribution in [-0.2, 0) is 5.75 Å². The summed E-state index contributed by atoms with van der Waals surface area (Å²) in [5.41, 5.74) is 8.37. The van der Waals surface area contributed by atoms with Crippen molar-refractivity contribution >= 4 is 17.6 Å². The van der Waals surface area contributed by atoms with Crippen molar-refractivity contribution in [3.05, 3.63) is 59.4 Å². The van der Waals surface area contributed by atoms with Gasteiger partial charge in [0.2, 0.25) is 0 Å². The van der Waals surface area contributed by atoms with Crippen molar-refractivity contribution in [3.63, 3.8) is 0 Å². The average Bonchev–Trinajstić information content (AvgIpc) is 2.38. The molecule has 1 aromatic heterocycles. The predicted octanol–water partition coefficient (Wildman–Crippen LogP) is 2.97. The van der Waals surface area contributed by atoms with Crippen LogP contribution < -0.4 is 5.73 Å². The molecule has 0 aliphatic carbocycles. The first kappa shape index (κ1) is 12.6. The van der Waals surface area contributed by atoms with Gasteiger partial charge in [-0.1, -0.05) is 24.3 Å². The van der Waals surface area contributed by atoms with Crippen molar-refractivity contribution in [2.45, 2.75) is 17.6 Å². The van der Waals surface area contributed by atoms with Crippen molar-refractivity contribution in [1.29, 1.82) is 5.41 Å². The fourth-order valence-electron chi connectivity index (χ4n) is 1.67. The van der Waals surface area contributed by atoms with Crippen molar-refractivity contribution < 1.29 is 0 Å². The van der Waals surface area contributed by atoms with Crippen LogP contribution in [0.2, 0.25) is 0 Å². The molecule has 0 radical (unpaired) electrons. The Morgan fingerprint density at radius 2 is 2.06 bits per heavy atom. The van der Waals surface area contributed by atoms with E-state index in [1.165, 1.54) is 10.5 Å². The molecule has 4 heteroatoms. The highest BCUT2D eigenvalue weighted by atomic mass is 32.2. The molecule has 1 heterocycles. The second-order valence-corrected chi connectivity index (χ2v) is 5.00. The van der Waals surface area contributed by atoms with Crippen molar-refractivity contribution in [3.8, 4) is 0 Å². The molecule has 1 aromatic carbocycles. The van der Waals surface area contributed by atoms with Crippen LogP contribution in [-0.4, -0.2) is 10.8 Å². The molecule has 0 saturated carbocycles. The van der Waals surface area contributed by atoms with Crippen LogP contribution in [0.1, 0.15) is 16.8 Å². The number of thioether (sulfide) groups is 1. The minimum Gasteiger partial charge on any atom is -0.382 e. The van der Waals surface area contributed by atoms with Gasteiger partial charge in [0, 0.05) is 16.8 Å². The Morgan fingerprint density at radius 3 is 2.78 bits per heavy atom. The van der Waals surface area contributed by atoms with Gasteiger partial charge in [0.1, 0.15) is 11.5 Å². The van der Waals surface area contributed by atoms with E-state index in [4.69, 9.17) is 11.1 Å². The van der Waals surface area contributed by atoms with Crippen LogP contribution in [0.15, 0.2) is 47.5 Å². The van der Waals surface area contributed by atoms with Crippen LogP contribution in [0.4, 0.5) is 0 Å². The highest BCUT2D eigenvalue weighted by Crippen LogP contribution is 2.26. The number of hydrogen-bond donors (Lipinski definition) is 2. The molecule has 0 saturated heterocycles. The molecule has 3 N–H and O–H groups in total. The van der Waals surface area contributed by atoms with Gasteiger partial charge < -0.3 is 5.73 Å². The summed E-state index contributed by atoms with van der Waals surface area (Å²) in [4.78, 5) is 5.40. The summed E-state index contributed by atoms with van der Waals surface area (Å²) in [6.45, 7) is 2.09. The maximum absolute atomic E-state index is 7.51. The quantitative estimate of drug-likeness (QED) is 0.503. The molecule has 0 unspecified atom stereocenters. The monoisotopic (exact) mass is 257 g/mol. The summed E-state index contributed by atoms with van der Waals surface area (Å²) in [6, 6.07) is 12.1. The van der Waals surface area contributed by atoms with Gasteiger partial charge >= 0.3 is 0 Å². The second-order valence-electron chi connectivity index (χ2n) is 3.98. The van der Waals surface area contributed by atoms with Crippen LogP contribution >= 0.6 is 11.8 Å². The lowest BCUT2D eigenvalue weighted by molar-refractivity contribution is 1.19. The molecule has 0 amide bonds. The molecular formula is C14H15N3S. The third kappa shape index (κ3) is 2.90. The van der Waals surface area contributed by atoms with E-state index >= 15 is 0 Å². The maximum Gasteiger partial charge on any atom is 0.142 e. The molecule has 2 aromatic rings. The Morgan fingerprint density at radius 1 is 1.28 bits per heavy atom. The zero-order chi connectivity index (χ0) is 13.0. The van der Waals surface area contributed by atoms with Crippen LogP contribution in [0, 0.1) is 12.3 Å². The number of hydrogen-bond acceptors (Lipinski definition) is 3. The molecule has 0 aliphatic heterocycles. The number of nitrogens with zero attached hydrogens (tertiary/aromatic N) is 1. The summed E-state index contributed by atoms with van der Waals surface area (Å²) < 4.78 is 0. The minimum absolute atomic E-state index is 0.0241. The number of amidine groups is 1. The first-order chi connectivity index (χ1) is 8.68. The third-order valence-electron chi connectivity index (χ3n) is 2.62. The van der Waals surface area contributed by atoms with E-state index in [-0.39, 0.29) is 5.84 Å². The topological polar surface area (TPSA) is 62.8 Å². The standard InChI is InChI=1S/C14H15N3S/c1-10-5-2-3-7-12(10)18-9-11-6-4-8-17-13(11)14(15)16/h2-8H,9H2,1H3,(H3,15,16). The lowest BCUT2D eigenvalue weighted by Crippen LogP contribution is -2.15. The Hall–Kier alpha value is -1.81.